The number of rotatable bonds is 5. The number of fused-ring (bicyclic) bond motifs is 1. The smallest absolute Gasteiger partial charge is 0.239 e. The van der Waals surface area contributed by atoms with Gasteiger partial charge in [0.25, 0.3) is 0 Å². The molecule has 1 saturated heterocycles. The molecule has 0 amide bonds. The van der Waals surface area contributed by atoms with Gasteiger partial charge in [-0.2, -0.15) is 0 Å². The summed E-state index contributed by atoms with van der Waals surface area (Å²) in [6, 6.07) is 9.21. The molecule has 5 rings (SSSR count). The molecule has 4 aromatic rings. The second-order valence-electron chi connectivity index (χ2n) is 9.16. The Labute approximate surface area is 224 Å². The zero-order valence-corrected chi connectivity index (χ0v) is 20.6. The van der Waals surface area contributed by atoms with Crippen LogP contribution in [0.15, 0.2) is 57.7 Å². The lowest BCUT2D eigenvalue weighted by molar-refractivity contribution is -0.268. The van der Waals surface area contributed by atoms with Crippen molar-refractivity contribution in [3.63, 3.8) is 0 Å². The Kier molecular flexibility index (Phi) is 6.81. The molecule has 8 N–H and O–H groups in total. The molecule has 13 heteroatoms. The zero-order valence-electron chi connectivity index (χ0n) is 20.6. The van der Waals surface area contributed by atoms with Crippen molar-refractivity contribution in [3.05, 3.63) is 58.8 Å². The fourth-order valence-corrected chi connectivity index (χ4v) is 4.24. The molecule has 1 fully saturated rings. The van der Waals surface area contributed by atoms with Gasteiger partial charge in [0, 0.05) is 23.8 Å². The Balaban J connectivity index is 1.66. The molecule has 40 heavy (non-hydrogen) atoms. The van der Waals surface area contributed by atoms with Crippen molar-refractivity contribution < 1.29 is 59.5 Å². The number of phenolic OH excluding ortho intramolecular Hbond substituents is 5. The highest BCUT2D eigenvalue weighted by Crippen LogP contribution is 2.42. The minimum atomic E-state index is -1.79. The zero-order chi connectivity index (χ0) is 28.9. The van der Waals surface area contributed by atoms with E-state index < -0.39 is 59.1 Å². The van der Waals surface area contributed by atoms with Crippen molar-refractivity contribution in [3.8, 4) is 57.3 Å². The summed E-state index contributed by atoms with van der Waals surface area (Å²) in [5, 5.41) is 80.6. The van der Waals surface area contributed by atoms with Gasteiger partial charge in [-0.1, -0.05) is 0 Å². The maximum absolute atomic E-state index is 13.6. The highest BCUT2D eigenvalue weighted by Gasteiger charge is 2.44. The summed E-state index contributed by atoms with van der Waals surface area (Å²) in [5.74, 6) is -3.33. The number of aromatic hydroxyl groups is 5. The van der Waals surface area contributed by atoms with E-state index in [9.17, 15) is 45.6 Å². The first-order valence-electron chi connectivity index (χ1n) is 11.9. The second kappa shape index (κ2) is 10.1. The topological polar surface area (TPSA) is 220 Å². The maximum Gasteiger partial charge on any atom is 0.239 e. The summed E-state index contributed by atoms with van der Waals surface area (Å²) in [6.45, 7) is 1.41. The number of hydrogen-bond acceptors (Lipinski definition) is 13. The number of aliphatic hydroxyl groups excluding tert-OH is 3. The fourth-order valence-electron chi connectivity index (χ4n) is 4.24. The van der Waals surface area contributed by atoms with Gasteiger partial charge in [-0.3, -0.25) is 4.79 Å². The summed E-state index contributed by atoms with van der Waals surface area (Å²) in [5.41, 5.74) is -1.13. The number of hydrogen-bond donors (Lipinski definition) is 8. The molecule has 0 spiro atoms. The Morgan fingerprint density at radius 2 is 1.48 bits per heavy atom. The molecular formula is C27H24O13. The molecule has 3 aromatic carbocycles. The van der Waals surface area contributed by atoms with Crippen LogP contribution in [0.2, 0.25) is 0 Å². The van der Waals surface area contributed by atoms with E-state index in [4.69, 9.17) is 18.6 Å². The molecular weight excluding hydrogens is 532 g/mol. The molecule has 1 aliphatic rings. The van der Waals surface area contributed by atoms with E-state index in [-0.39, 0.29) is 45.3 Å². The third kappa shape index (κ3) is 4.78. The summed E-state index contributed by atoms with van der Waals surface area (Å²) < 4.78 is 22.6. The quantitative estimate of drug-likeness (QED) is 0.176. The van der Waals surface area contributed by atoms with Crippen LogP contribution in [0.3, 0.4) is 0 Å². The van der Waals surface area contributed by atoms with Gasteiger partial charge in [0.1, 0.15) is 46.5 Å². The van der Waals surface area contributed by atoms with Crippen LogP contribution < -0.4 is 14.9 Å². The SMILES string of the molecule is C[C@@H]1O[C@@H](Oc2c(-c3ccc(O)c(Oc4ccc(O)cc4O)c3)oc3cc(O)cc(O)c3c2=O)[C@H](O)[C@H](O)[C@H]1O. The van der Waals surface area contributed by atoms with Crippen molar-refractivity contribution in [1.82, 2.24) is 0 Å². The third-order valence-corrected chi connectivity index (χ3v) is 6.34. The van der Waals surface area contributed by atoms with Crippen molar-refractivity contribution in [2.45, 2.75) is 37.6 Å². The highest BCUT2D eigenvalue weighted by atomic mass is 16.7. The largest absolute Gasteiger partial charge is 0.508 e. The first kappa shape index (κ1) is 26.9. The van der Waals surface area contributed by atoms with E-state index in [1.807, 2.05) is 0 Å². The van der Waals surface area contributed by atoms with Gasteiger partial charge < -0.3 is 59.5 Å². The number of phenols is 5. The summed E-state index contributed by atoms with van der Waals surface area (Å²) in [6.07, 6.45) is -7.58. The minimum Gasteiger partial charge on any atom is -0.508 e. The first-order valence-corrected chi connectivity index (χ1v) is 11.9. The average molecular weight is 556 g/mol. The predicted octanol–water partition coefficient (Wildman–Crippen LogP) is 1.99. The molecule has 2 heterocycles. The second-order valence-corrected chi connectivity index (χ2v) is 9.16. The lowest BCUT2D eigenvalue weighted by atomic mass is 10.00. The van der Waals surface area contributed by atoms with Crippen LogP contribution in [-0.2, 0) is 4.74 Å². The van der Waals surface area contributed by atoms with Crippen molar-refractivity contribution >= 4 is 11.0 Å². The average Bonchev–Trinajstić information content (AvgIpc) is 2.89. The summed E-state index contributed by atoms with van der Waals surface area (Å²) in [7, 11) is 0. The highest BCUT2D eigenvalue weighted by molar-refractivity contribution is 5.88. The van der Waals surface area contributed by atoms with E-state index in [0.29, 0.717) is 0 Å². The Morgan fingerprint density at radius 1 is 0.750 bits per heavy atom. The number of aliphatic hydroxyl groups is 3. The maximum atomic E-state index is 13.6. The van der Waals surface area contributed by atoms with Gasteiger partial charge in [-0.15, -0.1) is 0 Å². The minimum absolute atomic E-state index is 0.0573. The molecule has 0 bridgehead atoms. The summed E-state index contributed by atoms with van der Waals surface area (Å²) >= 11 is 0. The van der Waals surface area contributed by atoms with E-state index in [1.165, 1.54) is 37.3 Å². The predicted molar refractivity (Wildman–Crippen MR) is 136 cm³/mol. The van der Waals surface area contributed by atoms with Crippen LogP contribution in [0.1, 0.15) is 6.92 Å². The fraction of sp³-hybridized carbons (Fsp3) is 0.222. The van der Waals surface area contributed by atoms with Gasteiger partial charge in [-0.05, 0) is 37.3 Å². The van der Waals surface area contributed by atoms with Gasteiger partial charge in [0.2, 0.25) is 17.5 Å². The molecule has 210 valence electrons. The molecule has 0 radical (unpaired) electrons. The number of benzene rings is 3. The van der Waals surface area contributed by atoms with Gasteiger partial charge >= 0.3 is 0 Å². The molecule has 13 nitrogen and oxygen atoms in total. The van der Waals surface area contributed by atoms with Crippen molar-refractivity contribution in [2.24, 2.45) is 0 Å². The lowest BCUT2D eigenvalue weighted by Crippen LogP contribution is -2.58. The van der Waals surface area contributed by atoms with Crippen molar-refractivity contribution in [2.75, 3.05) is 0 Å². The Morgan fingerprint density at radius 3 is 2.20 bits per heavy atom. The molecule has 0 unspecified atom stereocenters. The Hall–Kier alpha value is -4.69. The van der Waals surface area contributed by atoms with Crippen LogP contribution in [0.4, 0.5) is 0 Å². The lowest BCUT2D eigenvalue weighted by Gasteiger charge is -2.38. The van der Waals surface area contributed by atoms with Crippen LogP contribution in [0.5, 0.6) is 46.0 Å². The monoisotopic (exact) mass is 556 g/mol. The molecule has 1 aliphatic heterocycles. The molecule has 1 aromatic heterocycles. The van der Waals surface area contributed by atoms with Gasteiger partial charge in [-0.25, -0.2) is 0 Å². The first-order chi connectivity index (χ1) is 18.9. The molecule has 0 aliphatic carbocycles. The van der Waals surface area contributed by atoms with Crippen LogP contribution >= 0.6 is 0 Å². The van der Waals surface area contributed by atoms with Crippen LogP contribution in [-0.4, -0.2) is 71.6 Å². The standard InChI is InChI=1S/C27H24O13/c1-10-21(33)23(35)24(36)27(37-10)40-26-22(34)20-16(32)8-13(29)9-19(20)39-25(26)11-2-4-14(30)18(6-11)38-17-5-3-12(28)7-15(17)31/h2-10,21,23-24,27-33,35-36H,1H3/t10-,21-,23+,24+,27-/m0/s1. The van der Waals surface area contributed by atoms with Crippen LogP contribution in [0, 0.1) is 0 Å². The third-order valence-electron chi connectivity index (χ3n) is 6.34. The van der Waals surface area contributed by atoms with Crippen LogP contribution in [0.25, 0.3) is 22.3 Å². The van der Waals surface area contributed by atoms with E-state index in [1.54, 1.807) is 0 Å². The Bertz CT molecular complexity index is 1650. The summed E-state index contributed by atoms with van der Waals surface area (Å²) in [4.78, 5) is 13.6. The van der Waals surface area contributed by atoms with E-state index in [2.05, 4.69) is 0 Å². The van der Waals surface area contributed by atoms with E-state index >= 15 is 0 Å². The van der Waals surface area contributed by atoms with Gasteiger partial charge in [0.05, 0.1) is 6.10 Å². The van der Waals surface area contributed by atoms with Gasteiger partial charge in [0.15, 0.2) is 28.8 Å². The van der Waals surface area contributed by atoms with E-state index in [0.717, 1.165) is 18.2 Å². The van der Waals surface area contributed by atoms with Crippen molar-refractivity contribution in [1.29, 1.82) is 0 Å². The molecule has 0 saturated carbocycles. The normalized spacial score (nSPS) is 22.8. The molecule has 5 atom stereocenters. The number of ether oxygens (including phenoxy) is 3.